The zero-order valence-corrected chi connectivity index (χ0v) is 22.7. The molecule has 3 atom stereocenters. The van der Waals surface area contributed by atoms with Gasteiger partial charge >= 0.3 is 0 Å². The van der Waals surface area contributed by atoms with Crippen molar-refractivity contribution in [3.05, 3.63) is 120 Å². The van der Waals surface area contributed by atoms with Crippen LogP contribution in [0.15, 0.2) is 91.6 Å². The first kappa shape index (κ1) is 24.7. The molecule has 6 rings (SSSR count). The van der Waals surface area contributed by atoms with Gasteiger partial charge in [-0.15, -0.1) is 0 Å². The van der Waals surface area contributed by atoms with Crippen molar-refractivity contribution >= 4 is 22.6 Å². The van der Waals surface area contributed by atoms with Gasteiger partial charge < -0.3 is 0 Å². The molecule has 3 unspecified atom stereocenters. The van der Waals surface area contributed by atoms with Gasteiger partial charge in [-0.3, -0.25) is 4.57 Å². The molecule has 38 heavy (non-hydrogen) atoms. The molecule has 2 aromatic heterocycles. The molecule has 0 bridgehead atoms. The van der Waals surface area contributed by atoms with Crippen LogP contribution in [0.3, 0.4) is 0 Å². The zero-order valence-electron chi connectivity index (χ0n) is 22.7. The molecule has 3 aliphatic rings. The van der Waals surface area contributed by atoms with Crippen LogP contribution in [0.4, 0.5) is 0 Å². The van der Waals surface area contributed by atoms with Crippen molar-refractivity contribution in [2.24, 2.45) is 11.8 Å². The molecule has 0 radical (unpaired) electrons. The van der Waals surface area contributed by atoms with Crippen molar-refractivity contribution in [3.8, 4) is 5.82 Å². The standard InChI is InChI=1S/C36H38N2/c1-4-26(5-2)31-19-13-21-34-36(31)32-18-11-12-20-33(32)38(34)35-24-29(27-15-7-6-8-16-27)23-30(37-35)22-28-17-10-9-14-25(28)3/h4-10,12-13,15,19-21,23-25,27-28H,1,11,14,16-18,22H2,2-3H3. The molecule has 0 amide bonds. The van der Waals surface area contributed by atoms with E-state index >= 15 is 0 Å². The molecule has 1 aromatic carbocycles. The summed E-state index contributed by atoms with van der Waals surface area (Å²) in [5.41, 5.74) is 9.00. The molecule has 0 saturated carbocycles. The van der Waals surface area contributed by atoms with E-state index in [9.17, 15) is 0 Å². The lowest BCUT2D eigenvalue weighted by atomic mass is 9.81. The number of allylic oxidation sites excluding steroid dienone is 10. The molecule has 0 N–H and O–H groups in total. The summed E-state index contributed by atoms with van der Waals surface area (Å²) in [6, 6.07) is 11.4. The van der Waals surface area contributed by atoms with Gasteiger partial charge in [0.25, 0.3) is 0 Å². The third-order valence-electron chi connectivity index (χ3n) is 8.73. The number of hydrogen-bond acceptors (Lipinski definition) is 1. The summed E-state index contributed by atoms with van der Waals surface area (Å²) < 4.78 is 2.43. The second-order valence-electron chi connectivity index (χ2n) is 11.1. The van der Waals surface area contributed by atoms with E-state index in [0.717, 1.165) is 37.9 Å². The smallest absolute Gasteiger partial charge is 0.138 e. The lowest BCUT2D eigenvalue weighted by molar-refractivity contribution is 0.344. The van der Waals surface area contributed by atoms with E-state index in [-0.39, 0.29) is 0 Å². The van der Waals surface area contributed by atoms with E-state index in [2.05, 4.69) is 110 Å². The Bertz CT molecular complexity index is 1520. The Morgan fingerprint density at radius 1 is 1.08 bits per heavy atom. The number of hydrogen-bond donors (Lipinski definition) is 0. The molecule has 0 saturated heterocycles. The summed E-state index contributed by atoms with van der Waals surface area (Å²) in [5.74, 6) is 2.78. The number of aromatic nitrogens is 2. The molecule has 0 spiro atoms. The second-order valence-corrected chi connectivity index (χ2v) is 11.1. The van der Waals surface area contributed by atoms with E-state index in [1.807, 2.05) is 6.08 Å². The number of rotatable bonds is 6. The van der Waals surface area contributed by atoms with E-state index in [1.165, 1.54) is 51.0 Å². The van der Waals surface area contributed by atoms with Crippen molar-refractivity contribution in [2.75, 3.05) is 0 Å². The molecule has 3 aliphatic carbocycles. The first-order chi connectivity index (χ1) is 18.7. The first-order valence-electron chi connectivity index (χ1n) is 14.3. The van der Waals surface area contributed by atoms with E-state index < -0.39 is 0 Å². The quantitative estimate of drug-likeness (QED) is 0.244. The zero-order chi connectivity index (χ0) is 26.1. The molecular weight excluding hydrogens is 460 g/mol. The van der Waals surface area contributed by atoms with Crippen LogP contribution in [-0.4, -0.2) is 9.55 Å². The molecule has 2 nitrogen and oxygen atoms in total. The summed E-state index contributed by atoms with van der Waals surface area (Å²) >= 11 is 0. The SMILES string of the molecule is C=CC(=CC)c1cccc2c1c1c(n2-c2cc(C3C=CC=CC3)cc(CC3CC=CCC3C)n2)C=CCC1. The Labute approximate surface area is 227 Å². The fourth-order valence-corrected chi connectivity index (χ4v) is 6.57. The van der Waals surface area contributed by atoms with Crippen LogP contribution < -0.4 is 0 Å². The third-order valence-corrected chi connectivity index (χ3v) is 8.73. The highest BCUT2D eigenvalue weighted by atomic mass is 15.1. The number of pyridine rings is 1. The van der Waals surface area contributed by atoms with Gasteiger partial charge in [0.05, 0.1) is 11.2 Å². The van der Waals surface area contributed by atoms with E-state index in [1.54, 1.807) is 0 Å². The van der Waals surface area contributed by atoms with Crippen molar-refractivity contribution < 1.29 is 0 Å². The maximum absolute atomic E-state index is 5.40. The van der Waals surface area contributed by atoms with Crippen LogP contribution in [0, 0.1) is 11.8 Å². The number of aryl methyl sites for hydroxylation is 1. The summed E-state index contributed by atoms with van der Waals surface area (Å²) in [6.07, 6.45) is 29.0. The fraction of sp³-hybridized carbons (Fsp3) is 0.306. The molecule has 2 heterocycles. The predicted molar refractivity (Wildman–Crippen MR) is 163 cm³/mol. The maximum Gasteiger partial charge on any atom is 0.138 e. The van der Waals surface area contributed by atoms with E-state index in [0.29, 0.717) is 17.8 Å². The van der Waals surface area contributed by atoms with Crippen LogP contribution in [0.25, 0.3) is 28.4 Å². The van der Waals surface area contributed by atoms with Crippen LogP contribution in [-0.2, 0) is 12.8 Å². The lowest BCUT2D eigenvalue weighted by Crippen LogP contribution is -2.18. The average Bonchev–Trinajstić information content (AvgIpc) is 3.30. The van der Waals surface area contributed by atoms with Gasteiger partial charge in [0.1, 0.15) is 5.82 Å². The fourth-order valence-electron chi connectivity index (χ4n) is 6.57. The molecule has 0 aliphatic heterocycles. The first-order valence-corrected chi connectivity index (χ1v) is 14.3. The number of benzene rings is 1. The normalized spacial score (nSPS) is 22.7. The van der Waals surface area contributed by atoms with Gasteiger partial charge in [-0.1, -0.05) is 80.3 Å². The van der Waals surface area contributed by atoms with Gasteiger partial charge in [0.15, 0.2) is 0 Å². The Kier molecular flexibility index (Phi) is 6.89. The summed E-state index contributed by atoms with van der Waals surface area (Å²) in [6.45, 7) is 8.61. The van der Waals surface area contributed by atoms with Gasteiger partial charge in [-0.25, -0.2) is 4.98 Å². The van der Waals surface area contributed by atoms with Gasteiger partial charge in [-0.05, 0) is 104 Å². The Hall–Kier alpha value is -3.65. The minimum Gasteiger partial charge on any atom is -0.294 e. The highest BCUT2D eigenvalue weighted by Crippen LogP contribution is 2.39. The summed E-state index contributed by atoms with van der Waals surface area (Å²) in [7, 11) is 0. The van der Waals surface area contributed by atoms with Crippen LogP contribution >= 0.6 is 0 Å². The summed E-state index contributed by atoms with van der Waals surface area (Å²) in [5, 5.41) is 1.35. The Morgan fingerprint density at radius 2 is 1.97 bits per heavy atom. The second kappa shape index (κ2) is 10.6. The molecule has 3 aromatic rings. The number of fused-ring (bicyclic) bond motifs is 3. The minimum absolute atomic E-state index is 0.392. The van der Waals surface area contributed by atoms with Crippen molar-refractivity contribution in [1.82, 2.24) is 9.55 Å². The van der Waals surface area contributed by atoms with Crippen molar-refractivity contribution in [3.63, 3.8) is 0 Å². The number of nitrogens with zero attached hydrogens (tertiary/aromatic N) is 2. The van der Waals surface area contributed by atoms with Gasteiger partial charge in [0, 0.05) is 17.0 Å². The average molecular weight is 499 g/mol. The molecule has 2 heteroatoms. The van der Waals surface area contributed by atoms with E-state index in [4.69, 9.17) is 4.98 Å². The predicted octanol–water partition coefficient (Wildman–Crippen LogP) is 9.32. The van der Waals surface area contributed by atoms with Crippen LogP contribution in [0.5, 0.6) is 0 Å². The van der Waals surface area contributed by atoms with Crippen molar-refractivity contribution in [1.29, 1.82) is 0 Å². The van der Waals surface area contributed by atoms with Crippen LogP contribution in [0.2, 0.25) is 0 Å². The topological polar surface area (TPSA) is 17.8 Å². The van der Waals surface area contributed by atoms with Gasteiger partial charge in [-0.2, -0.15) is 0 Å². The highest BCUT2D eigenvalue weighted by Gasteiger charge is 2.25. The Balaban J connectivity index is 1.56. The largest absolute Gasteiger partial charge is 0.294 e. The lowest BCUT2D eigenvalue weighted by Gasteiger charge is -2.26. The monoisotopic (exact) mass is 498 g/mol. The highest BCUT2D eigenvalue weighted by molar-refractivity contribution is 6.00. The Morgan fingerprint density at radius 3 is 2.76 bits per heavy atom. The minimum atomic E-state index is 0.392. The van der Waals surface area contributed by atoms with Crippen LogP contribution in [0.1, 0.15) is 73.5 Å². The molecule has 192 valence electrons. The molecular formula is C36H38N2. The molecule has 0 fully saturated rings. The third kappa shape index (κ3) is 4.47. The van der Waals surface area contributed by atoms with Gasteiger partial charge in [0.2, 0.25) is 0 Å². The maximum atomic E-state index is 5.40. The summed E-state index contributed by atoms with van der Waals surface area (Å²) in [4.78, 5) is 5.40. The van der Waals surface area contributed by atoms with Crippen molar-refractivity contribution in [2.45, 2.75) is 58.3 Å².